The molecule has 2 aromatic rings. The molecular formula is C30H35ClO6. The summed E-state index contributed by atoms with van der Waals surface area (Å²) in [7, 11) is 0. The third-order valence-corrected chi connectivity index (χ3v) is 7.84. The van der Waals surface area contributed by atoms with Crippen LogP contribution in [0, 0.1) is 0 Å². The number of carbonyl (C=O) groups is 2. The number of benzene rings is 2. The monoisotopic (exact) mass is 526 g/mol. The Morgan fingerprint density at radius 2 is 1.62 bits per heavy atom. The zero-order valence-electron chi connectivity index (χ0n) is 21.8. The number of halogens is 1. The maximum absolute atomic E-state index is 11.8. The lowest BCUT2D eigenvalue weighted by molar-refractivity contribution is -0.145. The molecule has 7 heteroatoms. The van der Waals surface area contributed by atoms with E-state index in [1.165, 1.54) is 6.08 Å². The molecule has 0 spiro atoms. The number of fused-ring (bicyclic) bond motifs is 6. The molecule has 2 aromatic carbocycles. The molecule has 4 rings (SSSR count). The Balaban J connectivity index is 1.78. The highest BCUT2D eigenvalue weighted by atomic mass is 35.5. The van der Waals surface area contributed by atoms with E-state index in [0.29, 0.717) is 23.8 Å². The van der Waals surface area contributed by atoms with Crippen LogP contribution >= 0.6 is 11.6 Å². The fraction of sp³-hybridized carbons (Fsp3) is 0.467. The first-order valence-electron chi connectivity index (χ1n) is 13.0. The van der Waals surface area contributed by atoms with Crippen molar-refractivity contribution in [2.75, 3.05) is 13.2 Å². The van der Waals surface area contributed by atoms with E-state index in [2.05, 4.69) is 20.1 Å². The Bertz CT molecular complexity index is 1220. The van der Waals surface area contributed by atoms with Gasteiger partial charge in [-0.2, -0.15) is 0 Å². The van der Waals surface area contributed by atoms with Crippen LogP contribution in [0.3, 0.4) is 0 Å². The molecule has 2 bridgehead atoms. The van der Waals surface area contributed by atoms with E-state index in [-0.39, 0.29) is 18.6 Å². The van der Waals surface area contributed by atoms with Crippen molar-refractivity contribution in [3.8, 4) is 11.5 Å². The van der Waals surface area contributed by atoms with Crippen molar-refractivity contribution in [3.63, 3.8) is 0 Å². The van der Waals surface area contributed by atoms with Gasteiger partial charge in [0, 0.05) is 39.1 Å². The van der Waals surface area contributed by atoms with Gasteiger partial charge in [-0.25, -0.2) is 9.59 Å². The molecule has 0 aromatic heterocycles. The van der Waals surface area contributed by atoms with Gasteiger partial charge in [-0.05, 0) is 61.6 Å². The van der Waals surface area contributed by atoms with Gasteiger partial charge in [0.1, 0.15) is 36.9 Å². The Morgan fingerprint density at radius 3 is 2.19 bits per heavy atom. The van der Waals surface area contributed by atoms with Crippen LogP contribution in [0.25, 0.3) is 10.8 Å². The standard InChI is InChI=1S/C30H35ClO6/c1-6-20(36-24(32)8-3)16-34-28-23-14-19(31)10-11-22(23)29(35-17-21(7-2)37-25(33)9-4)27-26(28)18-12-13-30(27,5)15-18/h8-11,14,18,20-21H,3-4,6-7,12-13,15-17H2,1-2,5H3. The van der Waals surface area contributed by atoms with Gasteiger partial charge < -0.3 is 18.9 Å². The molecule has 0 aliphatic heterocycles. The first-order valence-corrected chi connectivity index (χ1v) is 13.3. The highest BCUT2D eigenvalue weighted by molar-refractivity contribution is 6.31. The van der Waals surface area contributed by atoms with E-state index in [1.54, 1.807) is 0 Å². The number of ether oxygens (including phenoxy) is 4. The van der Waals surface area contributed by atoms with Gasteiger partial charge >= 0.3 is 11.9 Å². The molecule has 0 saturated heterocycles. The molecule has 1 saturated carbocycles. The molecule has 6 nitrogen and oxygen atoms in total. The Hall–Kier alpha value is -2.99. The van der Waals surface area contributed by atoms with E-state index in [9.17, 15) is 9.59 Å². The third-order valence-electron chi connectivity index (χ3n) is 7.60. The Labute approximate surface area is 223 Å². The van der Waals surface area contributed by atoms with Gasteiger partial charge in [-0.15, -0.1) is 0 Å². The summed E-state index contributed by atoms with van der Waals surface area (Å²) in [6.07, 6.45) is 5.93. The molecule has 2 aliphatic rings. The van der Waals surface area contributed by atoms with Crippen molar-refractivity contribution < 1.29 is 28.5 Å². The van der Waals surface area contributed by atoms with Crippen molar-refractivity contribution in [3.05, 3.63) is 59.7 Å². The van der Waals surface area contributed by atoms with Crippen LogP contribution in [-0.4, -0.2) is 37.4 Å². The normalized spacial score (nSPS) is 21.1. The fourth-order valence-electron chi connectivity index (χ4n) is 5.67. The number of hydrogen-bond acceptors (Lipinski definition) is 6. The smallest absolute Gasteiger partial charge is 0.330 e. The first kappa shape index (κ1) is 27.1. The van der Waals surface area contributed by atoms with E-state index < -0.39 is 24.1 Å². The van der Waals surface area contributed by atoms with Gasteiger partial charge in [-0.3, -0.25) is 0 Å². The van der Waals surface area contributed by atoms with Gasteiger partial charge in [0.2, 0.25) is 0 Å². The fourth-order valence-corrected chi connectivity index (χ4v) is 5.85. The molecule has 2 aliphatic carbocycles. The van der Waals surface area contributed by atoms with Gasteiger partial charge in [-0.1, -0.05) is 45.5 Å². The minimum atomic E-state index is -0.466. The second-order valence-electron chi connectivity index (χ2n) is 10.1. The minimum absolute atomic E-state index is 0.0414. The first-order chi connectivity index (χ1) is 17.7. The van der Waals surface area contributed by atoms with Crippen LogP contribution in [0.2, 0.25) is 5.02 Å². The lowest BCUT2D eigenvalue weighted by Gasteiger charge is -2.31. The highest BCUT2D eigenvalue weighted by Crippen LogP contribution is 2.64. The molecule has 198 valence electrons. The average molecular weight is 527 g/mol. The van der Waals surface area contributed by atoms with Crippen LogP contribution in [0.15, 0.2) is 43.5 Å². The summed E-state index contributed by atoms with van der Waals surface area (Å²) in [4.78, 5) is 23.6. The van der Waals surface area contributed by atoms with Crippen LogP contribution in [0.1, 0.15) is 69.9 Å². The quantitative estimate of drug-likeness (QED) is 0.223. The summed E-state index contributed by atoms with van der Waals surface area (Å²) in [5.74, 6) is 1.00. The lowest BCUT2D eigenvalue weighted by atomic mass is 9.78. The van der Waals surface area contributed by atoms with Crippen molar-refractivity contribution in [1.82, 2.24) is 0 Å². The molecule has 37 heavy (non-hydrogen) atoms. The molecule has 1 fully saturated rings. The maximum Gasteiger partial charge on any atom is 0.330 e. The van der Waals surface area contributed by atoms with Gasteiger partial charge in [0.05, 0.1) is 0 Å². The summed E-state index contributed by atoms with van der Waals surface area (Å²) in [6, 6.07) is 5.71. The minimum Gasteiger partial charge on any atom is -0.489 e. The van der Waals surface area contributed by atoms with Crippen molar-refractivity contribution in [1.29, 1.82) is 0 Å². The van der Waals surface area contributed by atoms with E-state index in [0.717, 1.165) is 58.7 Å². The Morgan fingerprint density at radius 1 is 1.03 bits per heavy atom. The topological polar surface area (TPSA) is 71.1 Å². The zero-order chi connectivity index (χ0) is 26.7. The van der Waals surface area contributed by atoms with E-state index in [1.807, 2.05) is 32.0 Å². The van der Waals surface area contributed by atoms with Crippen LogP contribution in [0.5, 0.6) is 11.5 Å². The molecule has 0 heterocycles. The molecule has 0 amide bonds. The van der Waals surface area contributed by atoms with Gasteiger partial charge in [0.25, 0.3) is 0 Å². The van der Waals surface area contributed by atoms with Crippen LogP contribution < -0.4 is 9.47 Å². The van der Waals surface area contributed by atoms with Crippen molar-refractivity contribution in [2.24, 2.45) is 0 Å². The molecule has 0 N–H and O–H groups in total. The molecule has 4 unspecified atom stereocenters. The zero-order valence-corrected chi connectivity index (χ0v) is 22.6. The predicted octanol–water partition coefficient (Wildman–Crippen LogP) is 6.81. The van der Waals surface area contributed by atoms with Crippen LogP contribution in [0.4, 0.5) is 0 Å². The summed E-state index contributed by atoms with van der Waals surface area (Å²) in [6.45, 7) is 13.6. The number of hydrogen-bond donors (Lipinski definition) is 0. The molecule has 0 radical (unpaired) electrons. The number of esters is 2. The Kier molecular flexibility index (Phi) is 8.17. The van der Waals surface area contributed by atoms with Crippen molar-refractivity contribution >= 4 is 34.3 Å². The summed E-state index contributed by atoms with van der Waals surface area (Å²) < 4.78 is 23.9. The average Bonchev–Trinajstić information content (AvgIpc) is 3.42. The second kappa shape index (κ2) is 11.2. The summed E-state index contributed by atoms with van der Waals surface area (Å²) >= 11 is 6.46. The lowest BCUT2D eigenvalue weighted by Crippen LogP contribution is -2.26. The highest BCUT2D eigenvalue weighted by Gasteiger charge is 2.50. The largest absolute Gasteiger partial charge is 0.489 e. The van der Waals surface area contributed by atoms with E-state index in [4.69, 9.17) is 30.5 Å². The maximum atomic E-state index is 11.8. The third kappa shape index (κ3) is 5.35. The number of carbonyl (C=O) groups excluding carboxylic acids is 2. The van der Waals surface area contributed by atoms with E-state index >= 15 is 0 Å². The summed E-state index contributed by atoms with van der Waals surface area (Å²) in [5, 5.41) is 2.35. The van der Waals surface area contributed by atoms with Gasteiger partial charge in [0.15, 0.2) is 0 Å². The SMILES string of the molecule is C=CC(=O)OC(CC)COc1c2c(c(OCC(CC)OC(=O)C=C)c3ccc(Cl)cc13)C1(C)CCC2C1. The molecular weight excluding hydrogens is 492 g/mol. The number of rotatable bonds is 12. The van der Waals surface area contributed by atoms with Crippen LogP contribution in [-0.2, 0) is 24.5 Å². The molecule has 4 atom stereocenters. The predicted molar refractivity (Wildman–Crippen MR) is 145 cm³/mol. The second-order valence-corrected chi connectivity index (χ2v) is 10.5. The summed E-state index contributed by atoms with van der Waals surface area (Å²) in [5.41, 5.74) is 2.27. The van der Waals surface area contributed by atoms with Crippen molar-refractivity contribution in [2.45, 2.75) is 76.4 Å².